The molecule has 0 unspecified atom stereocenters. The van der Waals surface area contributed by atoms with Crippen LogP contribution in [0.5, 0.6) is 5.75 Å². The van der Waals surface area contributed by atoms with Gasteiger partial charge >= 0.3 is 0 Å². The molecule has 5 nitrogen and oxygen atoms in total. The number of thiophene rings is 1. The van der Waals surface area contributed by atoms with E-state index in [0.717, 1.165) is 25.6 Å². The zero-order valence-electron chi connectivity index (χ0n) is 13.6. The number of hydrogen-bond donors (Lipinski definition) is 1. The molecule has 26 heavy (non-hydrogen) atoms. The van der Waals surface area contributed by atoms with Crippen molar-refractivity contribution in [2.24, 2.45) is 0 Å². The fraction of sp³-hybridized carbons (Fsp3) is 0.167. The Kier molecular flexibility index (Phi) is 6.39. The molecule has 0 aliphatic rings. The van der Waals surface area contributed by atoms with Crippen LogP contribution in [0.15, 0.2) is 45.6 Å². The molecule has 0 spiro atoms. The minimum atomic E-state index is -0.0856. The van der Waals surface area contributed by atoms with Gasteiger partial charge in [0.25, 0.3) is 0 Å². The summed E-state index contributed by atoms with van der Waals surface area (Å²) in [6, 6.07) is 11.3. The Balaban J connectivity index is 1.53. The summed E-state index contributed by atoms with van der Waals surface area (Å²) in [6.45, 7) is 0.403. The lowest BCUT2D eigenvalue weighted by atomic mass is 10.2. The molecule has 1 amide bonds. The van der Waals surface area contributed by atoms with Crippen molar-refractivity contribution >= 4 is 44.5 Å². The third-order valence-electron chi connectivity index (χ3n) is 3.36. The van der Waals surface area contributed by atoms with Gasteiger partial charge in [0.2, 0.25) is 5.91 Å². The molecule has 2 heterocycles. The number of nitrogens with one attached hydrogen (secondary N) is 1. The maximum Gasteiger partial charge on any atom is 0.226 e. The fourth-order valence-corrected chi connectivity index (χ4v) is 4.54. The van der Waals surface area contributed by atoms with Gasteiger partial charge in [-0.3, -0.25) is 4.79 Å². The highest BCUT2D eigenvalue weighted by molar-refractivity contribution is 9.10. The molecule has 3 aromatic rings. The van der Waals surface area contributed by atoms with E-state index in [-0.39, 0.29) is 18.9 Å². The molecule has 0 saturated carbocycles. The first-order chi connectivity index (χ1) is 12.6. The van der Waals surface area contributed by atoms with Gasteiger partial charge in [-0.05, 0) is 39.7 Å². The first-order valence-electron chi connectivity index (χ1n) is 7.68. The van der Waals surface area contributed by atoms with Gasteiger partial charge in [-0.15, -0.1) is 22.7 Å². The van der Waals surface area contributed by atoms with Gasteiger partial charge in [0.05, 0.1) is 17.0 Å². The van der Waals surface area contributed by atoms with E-state index in [4.69, 9.17) is 10.00 Å². The van der Waals surface area contributed by atoms with Crippen LogP contribution in [0.2, 0.25) is 0 Å². The molecule has 0 radical (unpaired) electrons. The van der Waals surface area contributed by atoms with Crippen molar-refractivity contribution in [3.05, 3.63) is 56.8 Å². The summed E-state index contributed by atoms with van der Waals surface area (Å²) < 4.78 is 6.30. The maximum absolute atomic E-state index is 12.2. The Hall–Kier alpha value is -2.21. The molecule has 0 fully saturated rings. The first-order valence-corrected chi connectivity index (χ1v) is 10.2. The lowest BCUT2D eigenvalue weighted by Gasteiger charge is -2.07. The van der Waals surface area contributed by atoms with E-state index in [1.54, 1.807) is 17.4 Å². The molecule has 2 aromatic heterocycles. The number of thiazole rings is 1. The third kappa shape index (κ3) is 5.14. The quantitative estimate of drug-likeness (QED) is 0.582. The van der Waals surface area contributed by atoms with Gasteiger partial charge in [-0.25, -0.2) is 4.98 Å². The normalized spacial score (nSPS) is 10.3. The highest BCUT2D eigenvalue weighted by atomic mass is 79.9. The molecular weight excluding hydrogens is 434 g/mol. The first kappa shape index (κ1) is 18.6. The second kappa shape index (κ2) is 8.94. The van der Waals surface area contributed by atoms with Gasteiger partial charge < -0.3 is 10.1 Å². The van der Waals surface area contributed by atoms with Crippen molar-refractivity contribution in [1.82, 2.24) is 10.3 Å². The number of nitrogens with zero attached hydrogens (tertiary/aromatic N) is 2. The number of benzene rings is 1. The third-order valence-corrected chi connectivity index (χ3v) is 6.11. The molecule has 1 aromatic carbocycles. The zero-order valence-corrected chi connectivity index (χ0v) is 16.8. The van der Waals surface area contributed by atoms with Crippen LogP contribution in [0, 0.1) is 11.3 Å². The summed E-state index contributed by atoms with van der Waals surface area (Å²) in [5.74, 6) is 0.530. The SMILES string of the molecule is N#CCOc1cccc(CNC(=O)Cc2csc(-c3cc(Br)cs3)n2)c1. The average Bonchev–Trinajstić information content (AvgIpc) is 3.27. The minimum Gasteiger partial charge on any atom is -0.479 e. The summed E-state index contributed by atoms with van der Waals surface area (Å²) >= 11 is 6.59. The van der Waals surface area contributed by atoms with E-state index >= 15 is 0 Å². The smallest absolute Gasteiger partial charge is 0.226 e. The van der Waals surface area contributed by atoms with E-state index in [1.807, 2.05) is 41.1 Å². The highest BCUT2D eigenvalue weighted by Crippen LogP contribution is 2.32. The molecule has 1 N–H and O–H groups in total. The maximum atomic E-state index is 12.2. The Morgan fingerprint density at radius 1 is 1.31 bits per heavy atom. The molecule has 0 atom stereocenters. The summed E-state index contributed by atoms with van der Waals surface area (Å²) in [4.78, 5) is 17.8. The van der Waals surface area contributed by atoms with Crippen LogP contribution in [-0.2, 0) is 17.8 Å². The summed E-state index contributed by atoms with van der Waals surface area (Å²) in [7, 11) is 0. The Morgan fingerprint density at radius 2 is 2.19 bits per heavy atom. The summed E-state index contributed by atoms with van der Waals surface area (Å²) in [5, 5.41) is 16.3. The van der Waals surface area contributed by atoms with Gasteiger partial charge in [0, 0.05) is 21.8 Å². The average molecular weight is 448 g/mol. The van der Waals surface area contributed by atoms with E-state index in [0.29, 0.717) is 12.3 Å². The molecule has 0 saturated heterocycles. The number of ether oxygens (including phenoxy) is 1. The molecule has 132 valence electrons. The number of rotatable bonds is 7. The number of carbonyl (C=O) groups excluding carboxylic acids is 1. The molecule has 3 rings (SSSR count). The number of amides is 1. The van der Waals surface area contributed by atoms with Crippen molar-refractivity contribution in [2.45, 2.75) is 13.0 Å². The van der Waals surface area contributed by atoms with Crippen LogP contribution in [-0.4, -0.2) is 17.5 Å². The van der Waals surface area contributed by atoms with Gasteiger partial charge in [-0.2, -0.15) is 5.26 Å². The predicted molar refractivity (Wildman–Crippen MR) is 106 cm³/mol. The number of nitriles is 1. The van der Waals surface area contributed by atoms with E-state index in [9.17, 15) is 4.79 Å². The van der Waals surface area contributed by atoms with Gasteiger partial charge in [-0.1, -0.05) is 12.1 Å². The number of aromatic nitrogens is 1. The molecule has 0 aliphatic carbocycles. The standard InChI is InChI=1S/C18H14BrN3O2S2/c19-13-7-16(25-10-13)18-22-14(11-26-18)8-17(23)21-9-12-2-1-3-15(6-12)24-5-4-20/h1-3,6-7,10-11H,5,8-9H2,(H,21,23). The van der Waals surface area contributed by atoms with E-state index in [2.05, 4.69) is 26.2 Å². The van der Waals surface area contributed by atoms with Crippen LogP contribution < -0.4 is 10.1 Å². The molecule has 0 bridgehead atoms. The number of halogens is 1. The topological polar surface area (TPSA) is 75.0 Å². The Morgan fingerprint density at radius 3 is 2.96 bits per heavy atom. The van der Waals surface area contributed by atoms with Gasteiger partial charge in [0.1, 0.15) is 16.8 Å². The zero-order chi connectivity index (χ0) is 18.4. The van der Waals surface area contributed by atoms with Crippen LogP contribution in [0.3, 0.4) is 0 Å². The largest absolute Gasteiger partial charge is 0.479 e. The fourth-order valence-electron chi connectivity index (χ4n) is 2.22. The minimum absolute atomic E-state index is 0.00276. The van der Waals surface area contributed by atoms with E-state index in [1.165, 1.54) is 11.3 Å². The van der Waals surface area contributed by atoms with Crippen molar-refractivity contribution in [3.63, 3.8) is 0 Å². The van der Waals surface area contributed by atoms with Crippen molar-refractivity contribution in [1.29, 1.82) is 5.26 Å². The molecular formula is C18H14BrN3O2S2. The lowest BCUT2D eigenvalue weighted by molar-refractivity contribution is -0.120. The predicted octanol–water partition coefficient (Wildman–Crippen LogP) is 4.40. The van der Waals surface area contributed by atoms with E-state index < -0.39 is 0 Å². The van der Waals surface area contributed by atoms with Crippen molar-refractivity contribution < 1.29 is 9.53 Å². The van der Waals surface area contributed by atoms with Crippen molar-refractivity contribution in [3.8, 4) is 21.7 Å². The Bertz CT molecular complexity index is 946. The van der Waals surface area contributed by atoms with Crippen LogP contribution >= 0.6 is 38.6 Å². The lowest BCUT2D eigenvalue weighted by Crippen LogP contribution is -2.24. The van der Waals surface area contributed by atoms with Crippen LogP contribution in [0.4, 0.5) is 0 Å². The van der Waals surface area contributed by atoms with Crippen molar-refractivity contribution in [2.75, 3.05) is 6.61 Å². The number of hydrogen-bond acceptors (Lipinski definition) is 6. The van der Waals surface area contributed by atoms with Crippen LogP contribution in [0.25, 0.3) is 9.88 Å². The molecule has 0 aliphatic heterocycles. The monoisotopic (exact) mass is 447 g/mol. The summed E-state index contributed by atoms with van der Waals surface area (Å²) in [5.41, 5.74) is 1.68. The Labute approximate surface area is 167 Å². The molecule has 8 heteroatoms. The second-order valence-electron chi connectivity index (χ2n) is 5.32. The highest BCUT2D eigenvalue weighted by Gasteiger charge is 2.10. The van der Waals surface area contributed by atoms with Gasteiger partial charge in [0.15, 0.2) is 6.61 Å². The number of carbonyl (C=O) groups is 1. The summed E-state index contributed by atoms with van der Waals surface area (Å²) in [6.07, 6.45) is 0.244. The van der Waals surface area contributed by atoms with Crippen LogP contribution in [0.1, 0.15) is 11.3 Å². The second-order valence-corrected chi connectivity index (χ2v) is 8.01.